The molecule has 6 amide bonds. The maximum absolute atomic E-state index is 14.7. The highest BCUT2D eigenvalue weighted by atomic mass is 16.4. The number of Topliss-reactive ketones (excluding diaryl/α,β-unsaturated/α-hetero) is 1. The zero-order chi connectivity index (χ0) is 38.5. The number of primary amides is 1. The van der Waals surface area contributed by atoms with Crippen LogP contribution in [-0.4, -0.2) is 87.7 Å². The van der Waals surface area contributed by atoms with Crippen molar-refractivity contribution in [1.82, 2.24) is 26.2 Å². The molecule has 1 unspecified atom stereocenters. The molecule has 1 heterocycles. The highest BCUT2D eigenvalue weighted by molar-refractivity contribution is 6.37. The molecule has 286 valence electrons. The summed E-state index contributed by atoms with van der Waals surface area (Å²) in [7, 11) is 0. The molecule has 3 aliphatic carbocycles. The number of carboxylic acid groups (broad SMARTS) is 1. The van der Waals surface area contributed by atoms with Crippen molar-refractivity contribution in [2.75, 3.05) is 6.54 Å². The Bertz CT molecular complexity index is 1440. The van der Waals surface area contributed by atoms with Crippen molar-refractivity contribution in [1.29, 1.82) is 0 Å². The van der Waals surface area contributed by atoms with Crippen LogP contribution in [0.4, 0.5) is 4.79 Å². The third kappa shape index (κ3) is 7.46. The summed E-state index contributed by atoms with van der Waals surface area (Å²) in [6.45, 7) is 16.5. The number of nitrogens with zero attached hydrogens (tertiary/aromatic N) is 1. The Morgan fingerprint density at radius 1 is 0.902 bits per heavy atom. The molecule has 14 nitrogen and oxygen atoms in total. The number of ketones is 1. The second-order valence-electron chi connectivity index (χ2n) is 18.1. The average Bonchev–Trinajstić information content (AvgIpc) is 3.18. The molecule has 4 rings (SSSR count). The Kier molecular flexibility index (Phi) is 11.0. The van der Waals surface area contributed by atoms with E-state index in [1.54, 1.807) is 4.90 Å². The van der Waals surface area contributed by atoms with Gasteiger partial charge in [-0.1, -0.05) is 74.1 Å². The topological polar surface area (TPSA) is 217 Å². The molecule has 1 aliphatic heterocycles. The summed E-state index contributed by atoms with van der Waals surface area (Å²) >= 11 is 0. The van der Waals surface area contributed by atoms with Crippen LogP contribution in [0.5, 0.6) is 0 Å². The standard InChI is InChI=1S/C37H60N6O8/c1-20(2)22(17-25(44)42-34(6,7)31(49)50)40-32(51)41-27(33(3,4)5)30(48)43-19-37(35(8,9)36(37)14-11-15-36)18-24(43)29(47)39-23(26(45)28(38)46)16-21-12-10-13-21/h20-24,27H,10-19H2,1-9H3,(H2,38,46)(H,39,47)(H,42,44)(H,49,50)(H2,40,41,51)/t22-,23?,24+,27-,37-/m1/s1. The first-order valence-electron chi connectivity index (χ1n) is 18.5. The third-order valence-electron chi connectivity index (χ3n) is 13.0. The van der Waals surface area contributed by atoms with Gasteiger partial charge in [-0.15, -0.1) is 0 Å². The molecule has 3 saturated carbocycles. The Morgan fingerprint density at radius 3 is 1.94 bits per heavy atom. The quantitative estimate of drug-likeness (QED) is 0.147. The number of rotatable bonds is 14. The summed E-state index contributed by atoms with van der Waals surface area (Å²) in [5.41, 5.74) is 2.61. The number of nitrogens with two attached hydrogens (primary N) is 1. The van der Waals surface area contributed by atoms with Crippen molar-refractivity contribution in [3.05, 3.63) is 0 Å². The second-order valence-corrected chi connectivity index (χ2v) is 18.1. The van der Waals surface area contributed by atoms with Crippen molar-refractivity contribution >= 4 is 41.4 Å². The summed E-state index contributed by atoms with van der Waals surface area (Å²) in [6.07, 6.45) is 6.41. The minimum Gasteiger partial charge on any atom is -0.480 e. The Morgan fingerprint density at radius 2 is 1.51 bits per heavy atom. The van der Waals surface area contributed by atoms with Gasteiger partial charge in [-0.05, 0) is 67.6 Å². The molecule has 0 bridgehead atoms. The number of carboxylic acids is 1. The predicted molar refractivity (Wildman–Crippen MR) is 189 cm³/mol. The molecular weight excluding hydrogens is 656 g/mol. The fourth-order valence-electron chi connectivity index (χ4n) is 9.06. The van der Waals surface area contributed by atoms with Gasteiger partial charge in [0.1, 0.15) is 17.6 Å². The van der Waals surface area contributed by atoms with E-state index in [1.807, 2.05) is 34.6 Å². The molecular formula is C37H60N6O8. The Balaban J connectivity index is 1.57. The van der Waals surface area contributed by atoms with Crippen LogP contribution < -0.4 is 27.0 Å². The summed E-state index contributed by atoms with van der Waals surface area (Å²) in [5.74, 6) is -4.68. The van der Waals surface area contributed by atoms with Gasteiger partial charge in [0.25, 0.3) is 5.91 Å². The maximum atomic E-state index is 14.7. The van der Waals surface area contributed by atoms with Gasteiger partial charge in [-0.3, -0.25) is 24.0 Å². The Hall–Kier alpha value is -3.71. The van der Waals surface area contributed by atoms with E-state index in [2.05, 4.69) is 35.1 Å². The van der Waals surface area contributed by atoms with E-state index in [0.29, 0.717) is 19.4 Å². The molecule has 14 heteroatoms. The number of likely N-dealkylation sites (tertiary alicyclic amines) is 1. The molecule has 5 atom stereocenters. The monoisotopic (exact) mass is 716 g/mol. The van der Waals surface area contributed by atoms with Crippen LogP contribution in [0.2, 0.25) is 0 Å². The number of hydrogen-bond acceptors (Lipinski definition) is 7. The van der Waals surface area contributed by atoms with Gasteiger partial charge in [-0.2, -0.15) is 0 Å². The van der Waals surface area contributed by atoms with E-state index < -0.39 is 76.5 Å². The molecule has 0 aromatic heterocycles. The molecule has 7 N–H and O–H groups in total. The number of amides is 6. The van der Waals surface area contributed by atoms with Crippen molar-refractivity contribution in [2.45, 2.75) is 150 Å². The number of carbonyl (C=O) groups is 7. The van der Waals surface area contributed by atoms with Gasteiger partial charge in [0.15, 0.2) is 0 Å². The smallest absolute Gasteiger partial charge is 0.328 e. The van der Waals surface area contributed by atoms with Gasteiger partial charge in [0, 0.05) is 24.4 Å². The van der Waals surface area contributed by atoms with Crippen LogP contribution in [0, 0.1) is 33.5 Å². The predicted octanol–water partition coefficient (Wildman–Crippen LogP) is 2.62. The van der Waals surface area contributed by atoms with Crippen LogP contribution >= 0.6 is 0 Å². The molecule has 2 spiro atoms. The maximum Gasteiger partial charge on any atom is 0.328 e. The normalized spacial score (nSPS) is 25.2. The van der Waals surface area contributed by atoms with Crippen LogP contribution in [0.3, 0.4) is 0 Å². The fourth-order valence-corrected chi connectivity index (χ4v) is 9.06. The number of nitrogens with one attached hydrogen (secondary N) is 4. The van der Waals surface area contributed by atoms with Crippen LogP contribution in [-0.2, 0) is 28.8 Å². The molecule has 0 radical (unpaired) electrons. The molecule has 4 aliphatic rings. The Labute approximate surface area is 301 Å². The van der Waals surface area contributed by atoms with Gasteiger partial charge in [0.2, 0.25) is 23.5 Å². The minimum absolute atomic E-state index is 0.00969. The molecule has 0 aromatic carbocycles. The molecule has 51 heavy (non-hydrogen) atoms. The first-order chi connectivity index (χ1) is 23.4. The van der Waals surface area contributed by atoms with Gasteiger partial charge in [-0.25, -0.2) is 9.59 Å². The van der Waals surface area contributed by atoms with Crippen molar-refractivity contribution in [2.24, 2.45) is 39.2 Å². The van der Waals surface area contributed by atoms with E-state index in [1.165, 1.54) is 13.8 Å². The molecule has 0 aromatic rings. The van der Waals surface area contributed by atoms with Crippen LogP contribution in [0.15, 0.2) is 0 Å². The number of hydrogen-bond donors (Lipinski definition) is 6. The fraction of sp³-hybridized carbons (Fsp3) is 0.811. The summed E-state index contributed by atoms with van der Waals surface area (Å²) in [5, 5.41) is 20.3. The lowest BCUT2D eigenvalue weighted by atomic mass is 9.73. The zero-order valence-corrected chi connectivity index (χ0v) is 31.9. The van der Waals surface area contributed by atoms with Crippen molar-refractivity contribution in [3.8, 4) is 0 Å². The average molecular weight is 717 g/mol. The second kappa shape index (κ2) is 14.0. The van der Waals surface area contributed by atoms with Crippen molar-refractivity contribution in [3.63, 3.8) is 0 Å². The summed E-state index contributed by atoms with van der Waals surface area (Å²) in [4.78, 5) is 93.2. The minimum atomic E-state index is -1.50. The van der Waals surface area contributed by atoms with Gasteiger partial charge in [0.05, 0.1) is 6.04 Å². The summed E-state index contributed by atoms with van der Waals surface area (Å²) < 4.78 is 0. The van der Waals surface area contributed by atoms with E-state index in [9.17, 15) is 38.7 Å². The third-order valence-corrected chi connectivity index (χ3v) is 13.0. The largest absolute Gasteiger partial charge is 0.480 e. The number of aliphatic carboxylic acids is 1. The van der Waals surface area contributed by atoms with E-state index >= 15 is 0 Å². The lowest BCUT2D eigenvalue weighted by molar-refractivity contribution is -0.146. The summed E-state index contributed by atoms with van der Waals surface area (Å²) in [6, 6.07) is -4.45. The SMILES string of the molecule is CC(C)[C@@H](CC(=O)NC(C)(C)C(=O)O)NC(=O)N[C@H](C(=O)N1C[C@]2(C[C@H]1C(=O)NC(CC1CCC1)C(=O)C(N)=O)C(C)(C)C21CCC1)C(C)(C)C. The number of urea groups is 1. The van der Waals surface area contributed by atoms with Crippen LogP contribution in [0.25, 0.3) is 0 Å². The van der Waals surface area contributed by atoms with E-state index in [-0.39, 0.29) is 34.5 Å². The van der Waals surface area contributed by atoms with E-state index in [0.717, 1.165) is 38.5 Å². The van der Waals surface area contributed by atoms with Crippen LogP contribution in [0.1, 0.15) is 120 Å². The first kappa shape index (κ1) is 40.1. The molecule has 1 saturated heterocycles. The number of fused-ring (bicyclic) bond motifs is 1. The number of carbonyl (C=O) groups excluding carboxylic acids is 6. The van der Waals surface area contributed by atoms with Gasteiger partial charge >= 0.3 is 12.0 Å². The highest BCUT2D eigenvalue weighted by Crippen LogP contribution is 2.88. The molecule has 4 fully saturated rings. The first-order valence-corrected chi connectivity index (χ1v) is 18.5. The zero-order valence-electron chi connectivity index (χ0n) is 31.9. The highest BCUT2D eigenvalue weighted by Gasteiger charge is 2.85. The van der Waals surface area contributed by atoms with Gasteiger partial charge < -0.3 is 37.0 Å². The van der Waals surface area contributed by atoms with E-state index in [4.69, 9.17) is 5.73 Å². The van der Waals surface area contributed by atoms with Crippen molar-refractivity contribution < 1.29 is 38.7 Å². The lowest BCUT2D eigenvalue weighted by Crippen LogP contribution is -2.61. The lowest BCUT2D eigenvalue weighted by Gasteiger charge is -2.36.